The minimum atomic E-state index is -0.987. The summed E-state index contributed by atoms with van der Waals surface area (Å²) >= 11 is 0. The largest absolute Gasteiger partial charge is 0.480 e. The van der Waals surface area contributed by atoms with Gasteiger partial charge in [0.15, 0.2) is 0 Å². The standard InChI is InChI=1S/C15H24N2O4/c18-13(17(10-14(19)20)9-11-5-6-11)7-8-16-15(21)12-3-1-2-4-12/h11-12H,1-10H2,(H,16,21)(H,19,20). The van der Waals surface area contributed by atoms with E-state index in [0.29, 0.717) is 19.0 Å². The topological polar surface area (TPSA) is 86.7 Å². The average Bonchev–Trinajstić information content (AvgIpc) is 3.07. The summed E-state index contributed by atoms with van der Waals surface area (Å²) in [6.07, 6.45) is 6.40. The molecule has 6 heteroatoms. The summed E-state index contributed by atoms with van der Waals surface area (Å²) < 4.78 is 0. The van der Waals surface area contributed by atoms with Gasteiger partial charge in [-0.05, 0) is 31.6 Å². The highest BCUT2D eigenvalue weighted by Gasteiger charge is 2.28. The Morgan fingerprint density at radius 2 is 1.76 bits per heavy atom. The second kappa shape index (κ2) is 7.43. The molecule has 118 valence electrons. The Balaban J connectivity index is 1.70. The van der Waals surface area contributed by atoms with Crippen LogP contribution in [0.2, 0.25) is 0 Å². The van der Waals surface area contributed by atoms with Gasteiger partial charge < -0.3 is 15.3 Å². The van der Waals surface area contributed by atoms with Gasteiger partial charge >= 0.3 is 5.97 Å². The summed E-state index contributed by atoms with van der Waals surface area (Å²) in [5.74, 6) is -0.578. The third kappa shape index (κ3) is 5.36. The van der Waals surface area contributed by atoms with Gasteiger partial charge in [-0.2, -0.15) is 0 Å². The third-order valence-electron chi connectivity index (χ3n) is 4.22. The Labute approximate surface area is 124 Å². The lowest BCUT2D eigenvalue weighted by molar-refractivity contribution is -0.144. The smallest absolute Gasteiger partial charge is 0.323 e. The zero-order valence-electron chi connectivity index (χ0n) is 12.3. The summed E-state index contributed by atoms with van der Waals surface area (Å²) in [5, 5.41) is 11.7. The van der Waals surface area contributed by atoms with E-state index in [9.17, 15) is 14.4 Å². The number of carboxylic acids is 1. The maximum absolute atomic E-state index is 12.1. The predicted octanol–water partition coefficient (Wildman–Crippen LogP) is 1.01. The van der Waals surface area contributed by atoms with Crippen molar-refractivity contribution in [3.63, 3.8) is 0 Å². The van der Waals surface area contributed by atoms with E-state index in [1.807, 2.05) is 0 Å². The molecule has 21 heavy (non-hydrogen) atoms. The van der Waals surface area contributed by atoms with E-state index in [0.717, 1.165) is 38.5 Å². The van der Waals surface area contributed by atoms with E-state index in [2.05, 4.69) is 5.32 Å². The molecule has 0 heterocycles. The SMILES string of the molecule is O=C(O)CN(CC1CC1)C(=O)CCNC(=O)C1CCCC1. The normalized spacial score (nSPS) is 18.5. The number of nitrogens with zero attached hydrogens (tertiary/aromatic N) is 1. The van der Waals surface area contributed by atoms with Crippen molar-refractivity contribution in [1.82, 2.24) is 10.2 Å². The van der Waals surface area contributed by atoms with Crippen molar-refractivity contribution >= 4 is 17.8 Å². The highest BCUT2D eigenvalue weighted by atomic mass is 16.4. The Hall–Kier alpha value is -1.59. The zero-order chi connectivity index (χ0) is 15.2. The fourth-order valence-corrected chi connectivity index (χ4v) is 2.81. The van der Waals surface area contributed by atoms with Gasteiger partial charge in [-0.25, -0.2) is 0 Å². The molecular formula is C15H24N2O4. The number of aliphatic carboxylic acids is 1. The van der Waals surface area contributed by atoms with Crippen LogP contribution in [0, 0.1) is 11.8 Å². The quantitative estimate of drug-likeness (QED) is 0.700. The molecule has 2 aliphatic carbocycles. The van der Waals surface area contributed by atoms with Gasteiger partial charge in [0.25, 0.3) is 0 Å². The Morgan fingerprint density at radius 3 is 2.33 bits per heavy atom. The molecule has 2 saturated carbocycles. The molecule has 6 nitrogen and oxygen atoms in total. The molecule has 0 spiro atoms. The molecule has 0 aromatic rings. The maximum Gasteiger partial charge on any atom is 0.323 e. The molecule has 2 rings (SSSR count). The summed E-state index contributed by atoms with van der Waals surface area (Å²) in [7, 11) is 0. The van der Waals surface area contributed by atoms with Crippen molar-refractivity contribution in [1.29, 1.82) is 0 Å². The molecule has 2 amide bonds. The molecule has 0 saturated heterocycles. The van der Waals surface area contributed by atoms with E-state index < -0.39 is 5.97 Å². The van der Waals surface area contributed by atoms with Crippen molar-refractivity contribution < 1.29 is 19.5 Å². The van der Waals surface area contributed by atoms with Crippen molar-refractivity contribution in [2.24, 2.45) is 11.8 Å². The van der Waals surface area contributed by atoms with Crippen LogP contribution in [-0.4, -0.2) is 47.4 Å². The zero-order valence-corrected chi connectivity index (χ0v) is 12.3. The van der Waals surface area contributed by atoms with Crippen LogP contribution < -0.4 is 5.32 Å². The molecule has 0 bridgehead atoms. The summed E-state index contributed by atoms with van der Waals surface area (Å²) in [6.45, 7) is 0.586. The van der Waals surface area contributed by atoms with Crippen LogP contribution in [0.3, 0.4) is 0 Å². The molecule has 0 aliphatic heterocycles. The summed E-state index contributed by atoms with van der Waals surface area (Å²) in [5.41, 5.74) is 0. The van der Waals surface area contributed by atoms with Crippen LogP contribution in [0.4, 0.5) is 0 Å². The summed E-state index contributed by atoms with van der Waals surface area (Å²) in [4.78, 5) is 36.1. The van der Waals surface area contributed by atoms with Gasteiger partial charge in [-0.15, -0.1) is 0 Å². The first-order valence-electron chi connectivity index (χ1n) is 7.83. The molecule has 2 fully saturated rings. The Morgan fingerprint density at radius 1 is 1.10 bits per heavy atom. The monoisotopic (exact) mass is 296 g/mol. The lowest BCUT2D eigenvalue weighted by atomic mass is 10.1. The molecule has 0 aromatic heterocycles. The lowest BCUT2D eigenvalue weighted by Gasteiger charge is -2.20. The van der Waals surface area contributed by atoms with Crippen LogP contribution in [0.1, 0.15) is 44.9 Å². The molecule has 0 unspecified atom stereocenters. The van der Waals surface area contributed by atoms with E-state index in [1.165, 1.54) is 4.90 Å². The van der Waals surface area contributed by atoms with Gasteiger partial charge in [0.2, 0.25) is 11.8 Å². The first-order valence-corrected chi connectivity index (χ1v) is 7.83. The van der Waals surface area contributed by atoms with E-state index in [-0.39, 0.29) is 30.7 Å². The molecular weight excluding hydrogens is 272 g/mol. The van der Waals surface area contributed by atoms with Gasteiger partial charge in [0, 0.05) is 25.4 Å². The fraction of sp³-hybridized carbons (Fsp3) is 0.800. The van der Waals surface area contributed by atoms with Crippen molar-refractivity contribution in [2.75, 3.05) is 19.6 Å². The van der Waals surface area contributed by atoms with Crippen LogP contribution in [-0.2, 0) is 14.4 Å². The highest BCUT2D eigenvalue weighted by Crippen LogP contribution is 2.29. The van der Waals surface area contributed by atoms with Gasteiger partial charge in [0.1, 0.15) is 6.54 Å². The van der Waals surface area contributed by atoms with Crippen LogP contribution in [0.15, 0.2) is 0 Å². The molecule has 2 aliphatic rings. The van der Waals surface area contributed by atoms with Gasteiger partial charge in [-0.1, -0.05) is 12.8 Å². The van der Waals surface area contributed by atoms with Gasteiger partial charge in [-0.3, -0.25) is 14.4 Å². The third-order valence-corrected chi connectivity index (χ3v) is 4.22. The maximum atomic E-state index is 12.1. The summed E-state index contributed by atoms with van der Waals surface area (Å²) in [6, 6.07) is 0. The van der Waals surface area contributed by atoms with Crippen molar-refractivity contribution in [3.8, 4) is 0 Å². The van der Waals surface area contributed by atoms with Crippen molar-refractivity contribution in [2.45, 2.75) is 44.9 Å². The number of rotatable bonds is 8. The van der Waals surface area contributed by atoms with Gasteiger partial charge in [0.05, 0.1) is 0 Å². The first-order chi connectivity index (χ1) is 10.1. The van der Waals surface area contributed by atoms with E-state index >= 15 is 0 Å². The predicted molar refractivity (Wildman–Crippen MR) is 76.5 cm³/mol. The minimum absolute atomic E-state index is 0.0345. The molecule has 0 aromatic carbocycles. The number of carbonyl (C=O) groups is 3. The van der Waals surface area contributed by atoms with E-state index in [1.54, 1.807) is 0 Å². The lowest BCUT2D eigenvalue weighted by Crippen LogP contribution is -2.39. The number of nitrogens with one attached hydrogen (secondary N) is 1. The minimum Gasteiger partial charge on any atom is -0.480 e. The van der Waals surface area contributed by atoms with Crippen LogP contribution >= 0.6 is 0 Å². The second-order valence-corrected chi connectivity index (χ2v) is 6.13. The molecule has 2 N–H and O–H groups in total. The molecule has 0 atom stereocenters. The van der Waals surface area contributed by atoms with Crippen LogP contribution in [0.25, 0.3) is 0 Å². The highest BCUT2D eigenvalue weighted by molar-refractivity contribution is 5.83. The molecule has 0 radical (unpaired) electrons. The number of carboxylic acid groups (broad SMARTS) is 1. The average molecular weight is 296 g/mol. The number of hydrogen-bond acceptors (Lipinski definition) is 3. The first kappa shape index (κ1) is 15.8. The Bertz CT molecular complexity index is 400. The van der Waals surface area contributed by atoms with Crippen LogP contribution in [0.5, 0.6) is 0 Å². The fourth-order valence-electron chi connectivity index (χ4n) is 2.81. The number of hydrogen-bond donors (Lipinski definition) is 2. The van der Waals surface area contributed by atoms with E-state index in [4.69, 9.17) is 5.11 Å². The number of carbonyl (C=O) groups excluding carboxylic acids is 2. The number of amides is 2. The van der Waals surface area contributed by atoms with Crippen molar-refractivity contribution in [3.05, 3.63) is 0 Å². The second-order valence-electron chi connectivity index (χ2n) is 6.13. The Kier molecular flexibility index (Phi) is 5.59.